The number of carbonyl (C=O) groups excluding carboxylic acids is 5. The highest BCUT2D eigenvalue weighted by atomic mass is 19.1. The van der Waals surface area contributed by atoms with Crippen LogP contribution in [-0.2, 0) is 24.0 Å². The van der Waals surface area contributed by atoms with Crippen molar-refractivity contribution in [2.45, 2.75) is 12.8 Å². The second-order valence-corrected chi connectivity index (χ2v) is 4.97. The van der Waals surface area contributed by atoms with Gasteiger partial charge in [0.05, 0.1) is 11.3 Å². The third-order valence-electron chi connectivity index (χ3n) is 3.42. The number of anilines is 1. The molecule has 0 radical (unpaired) electrons. The smallest absolute Gasteiger partial charge is 0.325 e. The van der Waals surface area contributed by atoms with Crippen LogP contribution < -0.4 is 4.90 Å². The SMILES string of the molecule is O=C(ON1C(=O)CCC1=O)c1cc(N2C(=O)C=CC2=O)ccc1F. The van der Waals surface area contributed by atoms with E-state index in [0.717, 1.165) is 35.3 Å². The van der Waals surface area contributed by atoms with Crippen LogP contribution in [0.2, 0.25) is 0 Å². The molecule has 3 rings (SSSR count). The summed E-state index contributed by atoms with van der Waals surface area (Å²) in [6.45, 7) is 0. The number of benzene rings is 1. The maximum atomic E-state index is 13.9. The van der Waals surface area contributed by atoms with E-state index in [4.69, 9.17) is 0 Å². The van der Waals surface area contributed by atoms with Crippen LogP contribution in [0.5, 0.6) is 0 Å². The fourth-order valence-corrected chi connectivity index (χ4v) is 2.25. The number of carbonyl (C=O) groups is 5. The molecule has 0 atom stereocenters. The Hall–Kier alpha value is -3.36. The number of rotatable bonds is 3. The van der Waals surface area contributed by atoms with E-state index in [-0.39, 0.29) is 23.6 Å². The molecule has 1 fully saturated rings. The Labute approximate surface area is 134 Å². The molecule has 1 aromatic carbocycles. The number of hydroxylamine groups is 2. The Bertz CT molecular complexity index is 797. The van der Waals surface area contributed by atoms with Crippen LogP contribution in [0.4, 0.5) is 10.1 Å². The Morgan fingerprint density at radius 3 is 2.17 bits per heavy atom. The molecule has 8 nitrogen and oxygen atoms in total. The quantitative estimate of drug-likeness (QED) is 0.746. The van der Waals surface area contributed by atoms with Crippen molar-refractivity contribution in [3.63, 3.8) is 0 Å². The minimum atomic E-state index is -1.29. The van der Waals surface area contributed by atoms with Crippen molar-refractivity contribution in [3.8, 4) is 0 Å². The largest absolute Gasteiger partial charge is 0.366 e. The molecule has 0 aromatic heterocycles. The van der Waals surface area contributed by atoms with Crippen LogP contribution in [0.25, 0.3) is 0 Å². The van der Waals surface area contributed by atoms with Crippen molar-refractivity contribution < 1.29 is 33.2 Å². The second-order valence-electron chi connectivity index (χ2n) is 4.97. The topological polar surface area (TPSA) is 101 Å². The van der Waals surface area contributed by atoms with Crippen LogP contribution in [0.1, 0.15) is 23.2 Å². The molecule has 1 aromatic rings. The molecule has 0 aliphatic carbocycles. The lowest BCUT2D eigenvalue weighted by molar-refractivity contribution is -0.172. The number of imide groups is 2. The van der Waals surface area contributed by atoms with Gasteiger partial charge in [-0.2, -0.15) is 0 Å². The number of halogens is 1. The van der Waals surface area contributed by atoms with Crippen molar-refractivity contribution in [1.29, 1.82) is 0 Å². The summed E-state index contributed by atoms with van der Waals surface area (Å²) >= 11 is 0. The second kappa shape index (κ2) is 5.69. The maximum absolute atomic E-state index is 13.9. The molecule has 0 spiro atoms. The van der Waals surface area contributed by atoms with Gasteiger partial charge in [0.25, 0.3) is 23.6 Å². The predicted octanol–water partition coefficient (Wildman–Crippen LogP) is 0.476. The Morgan fingerprint density at radius 1 is 1.00 bits per heavy atom. The number of hydrogen-bond acceptors (Lipinski definition) is 6. The minimum absolute atomic E-state index is 0.0394. The first-order chi connectivity index (χ1) is 11.4. The summed E-state index contributed by atoms with van der Waals surface area (Å²) in [5.74, 6) is -4.98. The van der Waals surface area contributed by atoms with E-state index in [2.05, 4.69) is 4.84 Å². The zero-order valence-electron chi connectivity index (χ0n) is 12.0. The number of hydrogen-bond donors (Lipinski definition) is 0. The Balaban J connectivity index is 1.88. The van der Waals surface area contributed by atoms with Gasteiger partial charge in [-0.1, -0.05) is 0 Å². The van der Waals surface area contributed by atoms with Crippen LogP contribution in [0, 0.1) is 5.82 Å². The molecule has 2 heterocycles. The minimum Gasteiger partial charge on any atom is -0.325 e. The van der Waals surface area contributed by atoms with Gasteiger partial charge in [0.2, 0.25) is 0 Å². The average molecular weight is 332 g/mol. The Kier molecular flexibility index (Phi) is 3.68. The van der Waals surface area contributed by atoms with Crippen molar-refractivity contribution in [3.05, 3.63) is 41.7 Å². The molecule has 24 heavy (non-hydrogen) atoms. The van der Waals surface area contributed by atoms with Crippen molar-refractivity contribution in [2.75, 3.05) is 4.90 Å². The molecule has 122 valence electrons. The summed E-state index contributed by atoms with van der Waals surface area (Å²) in [4.78, 5) is 63.5. The van der Waals surface area contributed by atoms with Crippen molar-refractivity contribution in [1.82, 2.24) is 5.06 Å². The molecule has 0 bridgehead atoms. The van der Waals surface area contributed by atoms with Crippen LogP contribution in [0.15, 0.2) is 30.4 Å². The van der Waals surface area contributed by atoms with Crippen LogP contribution in [0.3, 0.4) is 0 Å². The molecule has 9 heteroatoms. The summed E-state index contributed by atoms with van der Waals surface area (Å²) in [6.07, 6.45) is 1.87. The standard InChI is InChI=1S/C15H9FN2O6/c16-10-2-1-8(17-11(19)3-4-12(17)20)7-9(10)15(23)24-18-13(21)5-6-14(18)22/h1-4,7H,5-6H2. The normalized spacial score (nSPS) is 17.2. The first-order valence-electron chi connectivity index (χ1n) is 6.82. The summed E-state index contributed by atoms with van der Waals surface area (Å²) in [7, 11) is 0. The molecule has 2 aliphatic rings. The molecule has 0 N–H and O–H groups in total. The van der Waals surface area contributed by atoms with E-state index in [0.29, 0.717) is 0 Å². The Morgan fingerprint density at radius 2 is 1.58 bits per heavy atom. The molecular formula is C15H9FN2O6. The van der Waals surface area contributed by atoms with Crippen molar-refractivity contribution in [2.24, 2.45) is 0 Å². The van der Waals surface area contributed by atoms with Gasteiger partial charge < -0.3 is 4.84 Å². The van der Waals surface area contributed by atoms with Crippen LogP contribution in [-0.4, -0.2) is 34.7 Å². The first kappa shape index (κ1) is 15.5. The van der Waals surface area contributed by atoms with E-state index in [1.165, 1.54) is 0 Å². The van der Waals surface area contributed by atoms with E-state index in [1.54, 1.807) is 0 Å². The van der Waals surface area contributed by atoms with E-state index in [1.807, 2.05) is 0 Å². The number of amides is 4. The predicted molar refractivity (Wildman–Crippen MR) is 74.5 cm³/mol. The lowest BCUT2D eigenvalue weighted by atomic mass is 10.1. The fourth-order valence-electron chi connectivity index (χ4n) is 2.25. The highest BCUT2D eigenvalue weighted by Crippen LogP contribution is 2.23. The van der Waals surface area contributed by atoms with Crippen LogP contribution >= 0.6 is 0 Å². The molecule has 0 unspecified atom stereocenters. The van der Waals surface area contributed by atoms with Gasteiger partial charge in [-0.15, -0.1) is 5.06 Å². The summed E-state index contributed by atoms with van der Waals surface area (Å²) in [5.41, 5.74) is -0.657. The van der Waals surface area contributed by atoms with Gasteiger partial charge in [0.1, 0.15) is 5.82 Å². The summed E-state index contributed by atoms with van der Waals surface area (Å²) in [6, 6.07) is 2.95. The van der Waals surface area contributed by atoms with Gasteiger partial charge in [0, 0.05) is 25.0 Å². The average Bonchev–Trinajstić information content (AvgIpc) is 3.04. The van der Waals surface area contributed by atoms with E-state index >= 15 is 0 Å². The maximum Gasteiger partial charge on any atom is 0.366 e. The molecular weight excluding hydrogens is 323 g/mol. The van der Waals surface area contributed by atoms with Crippen molar-refractivity contribution >= 4 is 35.3 Å². The first-order valence-corrected chi connectivity index (χ1v) is 6.82. The third-order valence-corrected chi connectivity index (χ3v) is 3.42. The fraction of sp³-hybridized carbons (Fsp3) is 0.133. The lowest BCUT2D eigenvalue weighted by Crippen LogP contribution is -2.33. The lowest BCUT2D eigenvalue weighted by Gasteiger charge is -2.16. The van der Waals surface area contributed by atoms with E-state index < -0.39 is 41.0 Å². The summed E-state index contributed by atoms with van der Waals surface area (Å²) in [5, 5.41) is 0.280. The van der Waals surface area contributed by atoms with E-state index in [9.17, 15) is 28.4 Å². The summed E-state index contributed by atoms with van der Waals surface area (Å²) < 4.78 is 13.9. The number of nitrogens with zero attached hydrogens (tertiary/aromatic N) is 2. The monoisotopic (exact) mass is 332 g/mol. The van der Waals surface area contributed by atoms with Gasteiger partial charge in [-0.05, 0) is 18.2 Å². The molecule has 4 amide bonds. The zero-order chi connectivity index (χ0) is 17.4. The zero-order valence-corrected chi connectivity index (χ0v) is 12.0. The molecule has 0 saturated carbocycles. The van der Waals surface area contributed by atoms with Gasteiger partial charge in [-0.3, -0.25) is 19.2 Å². The molecule has 2 aliphatic heterocycles. The highest BCUT2D eigenvalue weighted by Gasteiger charge is 2.34. The highest BCUT2D eigenvalue weighted by molar-refractivity contribution is 6.28. The van der Waals surface area contributed by atoms with Gasteiger partial charge in [0.15, 0.2) is 0 Å². The molecule has 1 saturated heterocycles. The third kappa shape index (κ3) is 2.56. The van der Waals surface area contributed by atoms with Gasteiger partial charge in [-0.25, -0.2) is 14.1 Å². The van der Waals surface area contributed by atoms with Gasteiger partial charge >= 0.3 is 5.97 Å².